The van der Waals surface area contributed by atoms with Crippen molar-refractivity contribution in [2.45, 2.75) is 26.3 Å². The monoisotopic (exact) mass is 259 g/mol. The van der Waals surface area contributed by atoms with Crippen LogP contribution in [0.5, 0.6) is 0 Å². The zero-order valence-electron chi connectivity index (χ0n) is 11.5. The number of aromatic nitrogens is 2. The van der Waals surface area contributed by atoms with Crippen molar-refractivity contribution in [2.75, 3.05) is 11.4 Å². The summed E-state index contributed by atoms with van der Waals surface area (Å²) in [5.74, 6) is -0.123. The molecule has 2 aromatic rings. The first kappa shape index (κ1) is 12.2. The van der Waals surface area contributed by atoms with Crippen LogP contribution in [0.25, 0.3) is 11.1 Å². The molecule has 0 amide bonds. The van der Waals surface area contributed by atoms with E-state index >= 15 is 0 Å². The quantitative estimate of drug-likeness (QED) is 0.826. The number of rotatable bonds is 2. The average Bonchev–Trinajstić information content (AvgIpc) is 2.94. The molecule has 19 heavy (non-hydrogen) atoms. The second-order valence-electron chi connectivity index (χ2n) is 5.41. The third-order valence-electron chi connectivity index (χ3n) is 3.71. The summed E-state index contributed by atoms with van der Waals surface area (Å²) >= 11 is 0. The van der Waals surface area contributed by atoms with E-state index in [9.17, 15) is 4.39 Å². The number of hydrogen-bond donors (Lipinski definition) is 0. The minimum atomic E-state index is -0.123. The maximum atomic E-state index is 14.4. The summed E-state index contributed by atoms with van der Waals surface area (Å²) in [5.41, 5.74) is 3.76. The number of nitrogens with zero attached hydrogens (tertiary/aromatic N) is 3. The molecule has 1 aromatic heterocycles. The van der Waals surface area contributed by atoms with E-state index < -0.39 is 0 Å². The summed E-state index contributed by atoms with van der Waals surface area (Å²) in [6.45, 7) is 5.10. The Kier molecular flexibility index (Phi) is 2.81. The van der Waals surface area contributed by atoms with Crippen molar-refractivity contribution in [1.29, 1.82) is 0 Å². The highest BCUT2D eigenvalue weighted by Gasteiger charge is 2.25. The predicted molar refractivity (Wildman–Crippen MR) is 74.8 cm³/mol. The van der Waals surface area contributed by atoms with Crippen molar-refractivity contribution in [3.8, 4) is 11.1 Å². The summed E-state index contributed by atoms with van der Waals surface area (Å²) in [4.78, 5) is 2.14. The van der Waals surface area contributed by atoms with Gasteiger partial charge in [0, 0.05) is 31.4 Å². The Morgan fingerprint density at radius 1 is 1.26 bits per heavy atom. The molecule has 0 fully saturated rings. The Morgan fingerprint density at radius 3 is 2.68 bits per heavy atom. The highest BCUT2D eigenvalue weighted by molar-refractivity contribution is 5.70. The molecule has 0 N–H and O–H groups in total. The van der Waals surface area contributed by atoms with Crippen LogP contribution in [0.4, 0.5) is 10.1 Å². The van der Waals surface area contributed by atoms with Gasteiger partial charge in [-0.05, 0) is 43.5 Å². The first-order valence-electron chi connectivity index (χ1n) is 6.64. The van der Waals surface area contributed by atoms with E-state index in [2.05, 4.69) is 29.9 Å². The first-order chi connectivity index (χ1) is 9.06. The highest BCUT2D eigenvalue weighted by atomic mass is 19.1. The molecule has 0 bridgehead atoms. The molecule has 0 spiro atoms. The molecule has 0 unspecified atom stereocenters. The second-order valence-corrected chi connectivity index (χ2v) is 5.41. The fourth-order valence-corrected chi connectivity index (χ4v) is 2.77. The van der Waals surface area contributed by atoms with E-state index in [1.54, 1.807) is 16.9 Å². The summed E-state index contributed by atoms with van der Waals surface area (Å²) in [6, 6.07) is 4.05. The Morgan fingerprint density at radius 2 is 2.05 bits per heavy atom. The fraction of sp³-hybridized carbons (Fsp3) is 0.400. The van der Waals surface area contributed by atoms with Crippen LogP contribution in [0.15, 0.2) is 24.5 Å². The molecule has 3 nitrogen and oxygen atoms in total. The van der Waals surface area contributed by atoms with E-state index in [0.717, 1.165) is 35.3 Å². The summed E-state index contributed by atoms with van der Waals surface area (Å²) in [5, 5.41) is 4.14. The lowest BCUT2D eigenvalue weighted by atomic mass is 10.0. The fourth-order valence-electron chi connectivity index (χ4n) is 2.77. The third kappa shape index (κ3) is 2.01. The summed E-state index contributed by atoms with van der Waals surface area (Å²) < 4.78 is 16.1. The molecule has 0 aliphatic carbocycles. The molecular formula is C15H18FN3. The van der Waals surface area contributed by atoms with Crippen LogP contribution in [0.3, 0.4) is 0 Å². The number of fused-ring (bicyclic) bond motifs is 1. The lowest BCUT2D eigenvalue weighted by Crippen LogP contribution is -2.29. The van der Waals surface area contributed by atoms with Crippen LogP contribution in [-0.4, -0.2) is 22.4 Å². The van der Waals surface area contributed by atoms with Crippen molar-refractivity contribution >= 4 is 5.69 Å². The molecule has 0 saturated heterocycles. The van der Waals surface area contributed by atoms with Crippen molar-refractivity contribution < 1.29 is 4.39 Å². The lowest BCUT2D eigenvalue weighted by molar-refractivity contribution is 0.612. The van der Waals surface area contributed by atoms with E-state index in [4.69, 9.17) is 0 Å². The number of halogens is 1. The Hall–Kier alpha value is -1.84. The number of benzene rings is 1. The van der Waals surface area contributed by atoms with Gasteiger partial charge in [0.25, 0.3) is 0 Å². The molecule has 100 valence electrons. The average molecular weight is 259 g/mol. The van der Waals surface area contributed by atoms with Gasteiger partial charge in [-0.1, -0.05) is 0 Å². The van der Waals surface area contributed by atoms with Crippen LogP contribution in [0.1, 0.15) is 19.4 Å². The minimum Gasteiger partial charge on any atom is -0.366 e. The van der Waals surface area contributed by atoms with Gasteiger partial charge >= 0.3 is 0 Å². The first-order valence-corrected chi connectivity index (χ1v) is 6.64. The SMILES string of the molecule is CC(C)N1CCc2cc(-c3cnn(C)c3)cc(F)c21. The van der Waals surface area contributed by atoms with Crippen molar-refractivity contribution in [1.82, 2.24) is 9.78 Å². The maximum absolute atomic E-state index is 14.4. The van der Waals surface area contributed by atoms with E-state index in [1.165, 1.54) is 0 Å². The number of hydrogen-bond acceptors (Lipinski definition) is 2. The topological polar surface area (TPSA) is 21.1 Å². The maximum Gasteiger partial charge on any atom is 0.147 e. The van der Waals surface area contributed by atoms with Crippen molar-refractivity contribution in [3.63, 3.8) is 0 Å². The van der Waals surface area contributed by atoms with Gasteiger partial charge in [-0.25, -0.2) is 4.39 Å². The van der Waals surface area contributed by atoms with Crippen LogP contribution in [0, 0.1) is 5.82 Å². The van der Waals surface area contributed by atoms with Gasteiger partial charge in [0.1, 0.15) is 5.82 Å². The molecular weight excluding hydrogens is 241 g/mol. The molecule has 0 saturated carbocycles. The predicted octanol–water partition coefficient (Wildman–Crippen LogP) is 3.00. The molecule has 0 radical (unpaired) electrons. The number of aryl methyl sites for hydroxylation is 1. The molecule has 1 aromatic carbocycles. The Bertz CT molecular complexity index is 616. The van der Waals surface area contributed by atoms with Crippen molar-refractivity contribution in [3.05, 3.63) is 35.9 Å². The minimum absolute atomic E-state index is 0.123. The molecule has 3 rings (SSSR count). The molecule has 1 aliphatic heterocycles. The van der Waals surface area contributed by atoms with Crippen LogP contribution in [0.2, 0.25) is 0 Å². The zero-order valence-corrected chi connectivity index (χ0v) is 11.5. The van der Waals surface area contributed by atoms with E-state index in [0.29, 0.717) is 6.04 Å². The molecule has 4 heteroatoms. The van der Waals surface area contributed by atoms with Gasteiger partial charge in [-0.15, -0.1) is 0 Å². The van der Waals surface area contributed by atoms with Crippen LogP contribution >= 0.6 is 0 Å². The van der Waals surface area contributed by atoms with Gasteiger partial charge in [0.05, 0.1) is 11.9 Å². The van der Waals surface area contributed by atoms with Crippen molar-refractivity contribution in [2.24, 2.45) is 7.05 Å². The van der Waals surface area contributed by atoms with Gasteiger partial charge in [-0.3, -0.25) is 4.68 Å². The summed E-state index contributed by atoms with van der Waals surface area (Å²) in [7, 11) is 1.87. The second kappa shape index (κ2) is 4.37. The largest absolute Gasteiger partial charge is 0.366 e. The van der Waals surface area contributed by atoms with E-state index in [1.807, 2.05) is 13.2 Å². The Balaban J connectivity index is 2.07. The van der Waals surface area contributed by atoms with Gasteiger partial charge < -0.3 is 4.90 Å². The standard InChI is InChI=1S/C15H18FN3/c1-10(2)19-5-4-11-6-12(7-14(16)15(11)19)13-8-17-18(3)9-13/h6-10H,4-5H2,1-3H3. The zero-order chi connectivity index (χ0) is 13.6. The Labute approximate surface area is 112 Å². The van der Waals surface area contributed by atoms with Gasteiger partial charge in [0.15, 0.2) is 0 Å². The smallest absolute Gasteiger partial charge is 0.147 e. The highest BCUT2D eigenvalue weighted by Crippen LogP contribution is 2.36. The van der Waals surface area contributed by atoms with Gasteiger partial charge in [-0.2, -0.15) is 5.10 Å². The van der Waals surface area contributed by atoms with Crippen LogP contribution < -0.4 is 4.90 Å². The van der Waals surface area contributed by atoms with Crippen LogP contribution in [-0.2, 0) is 13.5 Å². The molecule has 1 aliphatic rings. The molecule has 0 atom stereocenters. The van der Waals surface area contributed by atoms with Gasteiger partial charge in [0.2, 0.25) is 0 Å². The lowest BCUT2D eigenvalue weighted by Gasteiger charge is -2.24. The third-order valence-corrected chi connectivity index (χ3v) is 3.71. The normalized spacial score (nSPS) is 14.3. The molecule has 2 heterocycles. The summed E-state index contributed by atoms with van der Waals surface area (Å²) in [6.07, 6.45) is 4.60. The van der Waals surface area contributed by atoms with E-state index in [-0.39, 0.29) is 5.82 Å². The number of anilines is 1.